The summed E-state index contributed by atoms with van der Waals surface area (Å²) in [4.78, 5) is 7.70. The van der Waals surface area contributed by atoms with E-state index in [1.54, 1.807) is 17.9 Å². The zero-order chi connectivity index (χ0) is 8.81. The van der Waals surface area contributed by atoms with Gasteiger partial charge in [0.15, 0.2) is 0 Å². The first-order valence-electron chi connectivity index (χ1n) is 3.42. The Hall–Kier alpha value is -1.62. The van der Waals surface area contributed by atoms with Gasteiger partial charge >= 0.3 is 0 Å². The van der Waals surface area contributed by atoms with Crippen LogP contribution in [0.1, 0.15) is 5.56 Å². The van der Waals surface area contributed by atoms with E-state index in [1.807, 2.05) is 12.1 Å². The van der Waals surface area contributed by atoms with Crippen LogP contribution in [-0.2, 0) is 6.54 Å². The normalized spacial score (nSPS) is 11.2. The van der Waals surface area contributed by atoms with E-state index in [1.165, 1.54) is 0 Å². The summed E-state index contributed by atoms with van der Waals surface area (Å²) in [6, 6.07) is 3.69. The first-order chi connectivity index (χ1) is 5.83. The van der Waals surface area contributed by atoms with E-state index in [2.05, 4.69) is 9.98 Å². The molecular weight excluding hydrogens is 156 g/mol. The lowest BCUT2D eigenvalue weighted by atomic mass is 10.3. The van der Waals surface area contributed by atoms with Crippen LogP contribution in [0.25, 0.3) is 0 Å². The van der Waals surface area contributed by atoms with Crippen LogP contribution in [-0.4, -0.2) is 16.2 Å². The third-order valence-electron chi connectivity index (χ3n) is 1.27. The van der Waals surface area contributed by atoms with E-state index in [0.717, 1.165) is 5.56 Å². The molecule has 5 heteroatoms. The van der Waals surface area contributed by atoms with E-state index < -0.39 is 0 Å². The molecule has 0 spiro atoms. The molecular formula is C7H10N4O. The average Bonchev–Trinajstić information content (AvgIpc) is 2.16. The Morgan fingerprint density at radius 2 is 2.58 bits per heavy atom. The zero-order valence-corrected chi connectivity index (χ0v) is 6.44. The number of hydrogen-bond donors (Lipinski definition) is 3. The SMILES string of the molecule is NC(=NCc1cccnc1)NO. The summed E-state index contributed by atoms with van der Waals surface area (Å²) in [5.41, 5.74) is 7.87. The molecule has 0 unspecified atom stereocenters. The smallest absolute Gasteiger partial charge is 0.213 e. The fraction of sp³-hybridized carbons (Fsp3) is 0.143. The van der Waals surface area contributed by atoms with E-state index in [-0.39, 0.29) is 5.96 Å². The molecule has 0 aliphatic carbocycles. The highest BCUT2D eigenvalue weighted by molar-refractivity contribution is 5.76. The second-order valence-corrected chi connectivity index (χ2v) is 2.17. The van der Waals surface area contributed by atoms with Crippen molar-refractivity contribution >= 4 is 5.96 Å². The quantitative estimate of drug-likeness (QED) is 0.325. The van der Waals surface area contributed by atoms with Gasteiger partial charge in [0.1, 0.15) is 0 Å². The van der Waals surface area contributed by atoms with Gasteiger partial charge in [0.05, 0.1) is 6.54 Å². The highest BCUT2D eigenvalue weighted by Gasteiger charge is 1.89. The maximum absolute atomic E-state index is 8.29. The van der Waals surface area contributed by atoms with E-state index in [0.29, 0.717) is 6.54 Å². The second-order valence-electron chi connectivity index (χ2n) is 2.17. The molecule has 0 bridgehead atoms. The van der Waals surface area contributed by atoms with Gasteiger partial charge in [-0.1, -0.05) is 6.07 Å². The van der Waals surface area contributed by atoms with Crippen LogP contribution in [0.2, 0.25) is 0 Å². The first-order valence-corrected chi connectivity index (χ1v) is 3.42. The number of nitrogens with one attached hydrogen (secondary N) is 1. The first kappa shape index (κ1) is 8.48. The van der Waals surface area contributed by atoms with Crippen LogP contribution in [0.4, 0.5) is 0 Å². The number of pyridine rings is 1. The third-order valence-corrected chi connectivity index (χ3v) is 1.27. The molecule has 0 aliphatic rings. The van der Waals surface area contributed by atoms with Gasteiger partial charge in [0.25, 0.3) is 0 Å². The molecule has 4 N–H and O–H groups in total. The van der Waals surface area contributed by atoms with Crippen molar-refractivity contribution in [3.8, 4) is 0 Å². The number of guanidine groups is 1. The summed E-state index contributed by atoms with van der Waals surface area (Å²) in [7, 11) is 0. The summed E-state index contributed by atoms with van der Waals surface area (Å²) in [5, 5.41) is 8.29. The summed E-state index contributed by atoms with van der Waals surface area (Å²) in [6.07, 6.45) is 3.37. The van der Waals surface area contributed by atoms with Crippen molar-refractivity contribution in [3.05, 3.63) is 30.1 Å². The van der Waals surface area contributed by atoms with Crippen molar-refractivity contribution in [1.82, 2.24) is 10.5 Å². The molecule has 12 heavy (non-hydrogen) atoms. The third kappa shape index (κ3) is 2.55. The van der Waals surface area contributed by atoms with E-state index in [4.69, 9.17) is 10.9 Å². The number of nitrogens with zero attached hydrogens (tertiary/aromatic N) is 2. The van der Waals surface area contributed by atoms with Crippen LogP contribution in [0.5, 0.6) is 0 Å². The Kier molecular flexibility index (Phi) is 3.04. The predicted molar refractivity (Wildman–Crippen MR) is 44.5 cm³/mol. The van der Waals surface area contributed by atoms with Gasteiger partial charge in [-0.3, -0.25) is 10.2 Å². The number of hydrogen-bond acceptors (Lipinski definition) is 3. The predicted octanol–water partition coefficient (Wildman–Crippen LogP) is -0.125. The lowest BCUT2D eigenvalue weighted by Crippen LogP contribution is -2.28. The molecule has 1 aromatic heterocycles. The van der Waals surface area contributed by atoms with Crippen LogP contribution < -0.4 is 11.2 Å². The zero-order valence-electron chi connectivity index (χ0n) is 6.44. The molecule has 0 saturated carbocycles. The summed E-state index contributed by atoms with van der Waals surface area (Å²) >= 11 is 0. The number of nitrogens with two attached hydrogens (primary N) is 1. The number of aromatic nitrogens is 1. The molecule has 1 heterocycles. The lowest BCUT2D eigenvalue weighted by Gasteiger charge is -1.97. The highest BCUT2D eigenvalue weighted by atomic mass is 16.5. The summed E-state index contributed by atoms with van der Waals surface area (Å²) in [5.74, 6) is -0.00106. The van der Waals surface area contributed by atoms with Crippen LogP contribution >= 0.6 is 0 Å². The number of rotatable bonds is 2. The molecule has 0 amide bonds. The molecule has 0 radical (unpaired) electrons. The van der Waals surface area contributed by atoms with Crippen LogP contribution in [0.15, 0.2) is 29.5 Å². The Bertz CT molecular complexity index is 259. The van der Waals surface area contributed by atoms with Crippen molar-refractivity contribution in [2.75, 3.05) is 0 Å². The van der Waals surface area contributed by atoms with Crippen molar-refractivity contribution in [3.63, 3.8) is 0 Å². The average molecular weight is 166 g/mol. The lowest BCUT2D eigenvalue weighted by molar-refractivity contribution is 0.232. The Labute approximate surface area is 69.9 Å². The fourth-order valence-electron chi connectivity index (χ4n) is 0.703. The van der Waals surface area contributed by atoms with Gasteiger partial charge in [-0.15, -0.1) is 0 Å². The molecule has 0 fully saturated rings. The molecule has 0 saturated heterocycles. The van der Waals surface area contributed by atoms with Gasteiger partial charge in [-0.25, -0.2) is 10.5 Å². The molecule has 5 nitrogen and oxygen atoms in total. The number of hydroxylamine groups is 1. The molecule has 0 aliphatic heterocycles. The van der Waals surface area contributed by atoms with Gasteiger partial charge in [0, 0.05) is 12.4 Å². The topological polar surface area (TPSA) is 83.5 Å². The Morgan fingerprint density at radius 3 is 3.17 bits per heavy atom. The van der Waals surface area contributed by atoms with Crippen molar-refractivity contribution in [2.24, 2.45) is 10.7 Å². The maximum Gasteiger partial charge on any atom is 0.213 e. The van der Waals surface area contributed by atoms with Crippen molar-refractivity contribution in [1.29, 1.82) is 0 Å². The standard InChI is InChI=1S/C7H10N4O/c8-7(11-12)10-5-6-2-1-3-9-4-6/h1-4,12H,5H2,(H3,8,10,11). The summed E-state index contributed by atoms with van der Waals surface area (Å²) in [6.45, 7) is 0.410. The van der Waals surface area contributed by atoms with Gasteiger partial charge in [0.2, 0.25) is 5.96 Å². The van der Waals surface area contributed by atoms with E-state index in [9.17, 15) is 0 Å². The van der Waals surface area contributed by atoms with E-state index >= 15 is 0 Å². The minimum atomic E-state index is -0.00106. The molecule has 64 valence electrons. The van der Waals surface area contributed by atoms with Crippen molar-refractivity contribution < 1.29 is 5.21 Å². The fourth-order valence-corrected chi connectivity index (χ4v) is 0.703. The van der Waals surface area contributed by atoms with Gasteiger partial charge < -0.3 is 5.73 Å². The highest BCUT2D eigenvalue weighted by Crippen LogP contribution is 1.96. The molecule has 0 atom stereocenters. The van der Waals surface area contributed by atoms with Gasteiger partial charge in [-0.2, -0.15) is 0 Å². The molecule has 0 aromatic carbocycles. The minimum Gasteiger partial charge on any atom is -0.368 e. The minimum absolute atomic E-state index is 0.00106. The Balaban J connectivity index is 2.54. The number of aliphatic imine (C=N–C) groups is 1. The van der Waals surface area contributed by atoms with Crippen molar-refractivity contribution in [2.45, 2.75) is 6.54 Å². The van der Waals surface area contributed by atoms with Gasteiger partial charge in [-0.05, 0) is 11.6 Å². The molecule has 1 rings (SSSR count). The second kappa shape index (κ2) is 4.30. The largest absolute Gasteiger partial charge is 0.368 e. The van der Waals surface area contributed by atoms with Crippen LogP contribution in [0, 0.1) is 0 Å². The molecule has 1 aromatic rings. The van der Waals surface area contributed by atoms with Crippen LogP contribution in [0.3, 0.4) is 0 Å². The Morgan fingerprint density at radius 1 is 1.75 bits per heavy atom. The maximum atomic E-state index is 8.29. The monoisotopic (exact) mass is 166 g/mol. The summed E-state index contributed by atoms with van der Waals surface area (Å²) < 4.78 is 0.